The maximum atomic E-state index is 16.1. The fourth-order valence-electron chi connectivity index (χ4n) is 7.52. The van der Waals surface area contributed by atoms with Crippen LogP contribution in [0.1, 0.15) is 93.1 Å². The summed E-state index contributed by atoms with van der Waals surface area (Å²) in [6, 6.07) is 5.56. The quantitative estimate of drug-likeness (QED) is 0.303. The maximum absolute atomic E-state index is 16.1. The first-order chi connectivity index (χ1) is 20.9. The second-order valence-electron chi connectivity index (χ2n) is 13.1. The minimum Gasteiger partial charge on any atom is -0.507 e. The molecule has 8 nitrogen and oxygen atoms in total. The van der Waals surface area contributed by atoms with E-state index in [1.165, 1.54) is 22.8 Å². The molecule has 3 saturated carbocycles. The predicted molar refractivity (Wildman–Crippen MR) is 157 cm³/mol. The lowest BCUT2D eigenvalue weighted by atomic mass is 9.77. The Balaban J connectivity index is 1.42. The third kappa shape index (κ3) is 4.61. The van der Waals surface area contributed by atoms with Gasteiger partial charge in [0.25, 0.3) is 0 Å². The van der Waals surface area contributed by atoms with Crippen LogP contribution in [0.3, 0.4) is 0 Å². The summed E-state index contributed by atoms with van der Waals surface area (Å²) in [6.07, 6.45) is 9.31. The van der Waals surface area contributed by atoms with Gasteiger partial charge in [0, 0.05) is 29.2 Å². The molecule has 2 N–H and O–H groups in total. The Morgan fingerprint density at radius 1 is 0.930 bits per heavy atom. The molecule has 4 fully saturated rings. The number of aromatic hydroxyl groups is 1. The highest BCUT2D eigenvalue weighted by molar-refractivity contribution is 5.84. The molecule has 0 radical (unpaired) electrons. The van der Waals surface area contributed by atoms with Gasteiger partial charge in [-0.1, -0.05) is 13.0 Å². The minimum atomic E-state index is -0.800. The minimum absolute atomic E-state index is 0.0678. The Labute approximate surface area is 247 Å². The molecular formula is C33H34F2N6O2. The molecule has 0 amide bonds. The van der Waals surface area contributed by atoms with E-state index in [-0.39, 0.29) is 40.6 Å². The van der Waals surface area contributed by atoms with Crippen molar-refractivity contribution in [2.24, 2.45) is 11.8 Å². The van der Waals surface area contributed by atoms with Gasteiger partial charge in [0.05, 0.1) is 28.3 Å². The molecule has 8 rings (SSSR count). The third-order valence-electron chi connectivity index (χ3n) is 10.0. The lowest BCUT2D eigenvalue weighted by Crippen LogP contribution is -2.30. The first-order valence-electron chi connectivity index (χ1n) is 15.6. The second kappa shape index (κ2) is 10.1. The van der Waals surface area contributed by atoms with Gasteiger partial charge in [0.1, 0.15) is 23.6 Å². The van der Waals surface area contributed by atoms with E-state index in [0.29, 0.717) is 28.7 Å². The van der Waals surface area contributed by atoms with Crippen molar-refractivity contribution in [3.8, 4) is 22.7 Å². The number of phenols is 1. The van der Waals surface area contributed by atoms with E-state index in [1.807, 2.05) is 0 Å². The van der Waals surface area contributed by atoms with Crippen molar-refractivity contribution in [1.82, 2.24) is 29.8 Å². The Hall–Kier alpha value is -3.79. The topological polar surface area (TPSA) is 106 Å². The van der Waals surface area contributed by atoms with Crippen molar-refractivity contribution in [3.05, 3.63) is 69.8 Å². The van der Waals surface area contributed by atoms with Crippen LogP contribution in [0, 0.1) is 23.5 Å². The van der Waals surface area contributed by atoms with Crippen LogP contribution in [0.15, 0.2) is 35.4 Å². The third-order valence-corrected chi connectivity index (χ3v) is 10.0. The van der Waals surface area contributed by atoms with E-state index in [2.05, 4.69) is 22.2 Å². The summed E-state index contributed by atoms with van der Waals surface area (Å²) in [5.74, 6) is -0.914. The molecule has 1 aliphatic heterocycles. The fraction of sp³-hybridized carbons (Fsp3) is 0.485. The number of aromatic nitrogens is 5. The number of nitrogens with one attached hydrogen (secondary N) is 1. The summed E-state index contributed by atoms with van der Waals surface area (Å²) in [7, 11) is 0. The average molecular weight is 585 g/mol. The lowest BCUT2D eigenvalue weighted by molar-refractivity contribution is 0.313. The summed E-state index contributed by atoms with van der Waals surface area (Å²) in [6.45, 7) is 3.18. The van der Waals surface area contributed by atoms with Crippen molar-refractivity contribution in [1.29, 1.82) is 0 Å². The summed E-state index contributed by atoms with van der Waals surface area (Å²) in [4.78, 5) is 32.9. The standard InChI is InChI=1S/C33H34F2N6O2/c1-16-11-20-12-17(14-36-20)5-10-21(16)29-22-13-24(35)30(26-23(34)3-2-4-25(26)42)39-32(22)41(33(43)40-29)31-27(18-6-7-18)37-15-38-28(31)19-8-9-19/h2-4,13,15-21,36,42H,5-12,14H2,1H3/t16-,17?,20?,21?/m1/s1. The largest absolute Gasteiger partial charge is 0.507 e. The number of nitrogens with zero attached hydrogens (tertiary/aromatic N) is 5. The van der Waals surface area contributed by atoms with Crippen LogP contribution in [-0.2, 0) is 0 Å². The molecule has 1 aromatic carbocycles. The van der Waals surface area contributed by atoms with Crippen LogP contribution in [-0.4, -0.2) is 42.2 Å². The molecule has 2 bridgehead atoms. The van der Waals surface area contributed by atoms with Gasteiger partial charge in [0.2, 0.25) is 0 Å². The van der Waals surface area contributed by atoms with Crippen LogP contribution >= 0.6 is 0 Å². The molecule has 4 aliphatic rings. The highest BCUT2D eigenvalue weighted by Crippen LogP contribution is 2.48. The van der Waals surface area contributed by atoms with E-state index in [9.17, 15) is 9.90 Å². The Bertz CT molecular complexity index is 1770. The number of benzene rings is 1. The smallest absolute Gasteiger partial charge is 0.354 e. The Morgan fingerprint density at radius 2 is 1.67 bits per heavy atom. The van der Waals surface area contributed by atoms with Gasteiger partial charge in [-0.15, -0.1) is 0 Å². The van der Waals surface area contributed by atoms with Crippen LogP contribution in [0.5, 0.6) is 5.75 Å². The molecule has 3 unspecified atom stereocenters. The van der Waals surface area contributed by atoms with Gasteiger partial charge in [-0.3, -0.25) is 0 Å². The van der Waals surface area contributed by atoms with Gasteiger partial charge in [0.15, 0.2) is 11.5 Å². The molecule has 3 aliphatic carbocycles. The van der Waals surface area contributed by atoms with E-state index >= 15 is 8.78 Å². The Kier molecular flexibility index (Phi) is 6.33. The van der Waals surface area contributed by atoms with Gasteiger partial charge in [-0.05, 0) is 87.9 Å². The highest BCUT2D eigenvalue weighted by Gasteiger charge is 2.38. The lowest BCUT2D eigenvalue weighted by Gasteiger charge is -2.30. The molecule has 43 heavy (non-hydrogen) atoms. The molecule has 222 valence electrons. The van der Waals surface area contributed by atoms with Crippen molar-refractivity contribution < 1.29 is 13.9 Å². The number of fused-ring (bicyclic) bond motifs is 3. The average Bonchev–Trinajstić information content (AvgIpc) is 3.91. The number of pyridine rings is 1. The zero-order valence-corrected chi connectivity index (χ0v) is 24.1. The maximum Gasteiger partial charge on any atom is 0.354 e. The first-order valence-corrected chi connectivity index (χ1v) is 15.6. The molecule has 4 aromatic rings. The summed E-state index contributed by atoms with van der Waals surface area (Å²) in [5, 5.41) is 14.7. The monoisotopic (exact) mass is 584 g/mol. The number of halogens is 2. The van der Waals surface area contributed by atoms with Gasteiger partial charge in [-0.25, -0.2) is 33.1 Å². The molecular weight excluding hydrogens is 550 g/mol. The predicted octanol–water partition coefficient (Wildman–Crippen LogP) is 5.86. The molecule has 4 heterocycles. The van der Waals surface area contributed by atoms with Crippen molar-refractivity contribution >= 4 is 11.0 Å². The van der Waals surface area contributed by atoms with Gasteiger partial charge < -0.3 is 10.4 Å². The summed E-state index contributed by atoms with van der Waals surface area (Å²) in [5.41, 5.74) is 1.67. The normalized spacial score (nSPS) is 25.6. The number of phenolic OH excluding ortho intramolecular Hbond substituents is 1. The Morgan fingerprint density at radius 3 is 2.37 bits per heavy atom. The summed E-state index contributed by atoms with van der Waals surface area (Å²) >= 11 is 0. The molecule has 1 saturated heterocycles. The van der Waals surface area contributed by atoms with Gasteiger partial charge in [-0.2, -0.15) is 4.98 Å². The molecule has 0 spiro atoms. The second-order valence-corrected chi connectivity index (χ2v) is 13.1. The van der Waals surface area contributed by atoms with Crippen molar-refractivity contribution in [2.75, 3.05) is 6.54 Å². The zero-order chi connectivity index (χ0) is 29.4. The highest BCUT2D eigenvalue weighted by atomic mass is 19.1. The molecule has 3 aromatic heterocycles. The SMILES string of the molecule is C[C@@H]1CC2CC(CCC1c1nc(=O)n(-c3c(C4CC4)ncnc3C3CC3)c3nc(-c4c(O)cccc4F)c(F)cc13)CN2. The van der Waals surface area contributed by atoms with Crippen LogP contribution in [0.2, 0.25) is 0 Å². The molecule has 10 heteroatoms. The zero-order valence-electron chi connectivity index (χ0n) is 24.1. The van der Waals surface area contributed by atoms with Crippen molar-refractivity contribution in [2.45, 2.75) is 82.1 Å². The number of hydrogen-bond donors (Lipinski definition) is 2. The van der Waals surface area contributed by atoms with E-state index in [0.717, 1.165) is 75.4 Å². The van der Waals surface area contributed by atoms with E-state index in [1.54, 1.807) is 6.33 Å². The molecule has 4 atom stereocenters. The van der Waals surface area contributed by atoms with Crippen LogP contribution in [0.4, 0.5) is 8.78 Å². The van der Waals surface area contributed by atoms with Crippen LogP contribution in [0.25, 0.3) is 28.0 Å². The number of hydrogen-bond acceptors (Lipinski definition) is 7. The summed E-state index contributed by atoms with van der Waals surface area (Å²) < 4.78 is 32.6. The number of rotatable bonds is 5. The van der Waals surface area contributed by atoms with E-state index in [4.69, 9.17) is 9.97 Å². The van der Waals surface area contributed by atoms with E-state index < -0.39 is 23.1 Å². The van der Waals surface area contributed by atoms with Gasteiger partial charge >= 0.3 is 5.69 Å². The fourth-order valence-corrected chi connectivity index (χ4v) is 7.52. The van der Waals surface area contributed by atoms with Crippen LogP contribution < -0.4 is 11.0 Å². The first kappa shape index (κ1) is 26.8. The van der Waals surface area contributed by atoms with Crippen molar-refractivity contribution in [3.63, 3.8) is 0 Å².